The number of methoxy groups -OCH3 is 1. The summed E-state index contributed by atoms with van der Waals surface area (Å²) in [5, 5.41) is 0. The summed E-state index contributed by atoms with van der Waals surface area (Å²) in [7, 11) is 1.73. The third-order valence-electron chi connectivity index (χ3n) is 5.58. The highest BCUT2D eigenvalue weighted by molar-refractivity contribution is 5.27. The van der Waals surface area contributed by atoms with Gasteiger partial charge in [0.15, 0.2) is 0 Å². The van der Waals surface area contributed by atoms with E-state index in [0.29, 0.717) is 0 Å². The van der Waals surface area contributed by atoms with Gasteiger partial charge in [-0.15, -0.1) is 0 Å². The van der Waals surface area contributed by atoms with Crippen LogP contribution >= 0.6 is 0 Å². The Morgan fingerprint density at radius 1 is 0.750 bits per heavy atom. The van der Waals surface area contributed by atoms with E-state index in [4.69, 9.17) is 4.74 Å². The predicted octanol–water partition coefficient (Wildman–Crippen LogP) is 5.84. The van der Waals surface area contributed by atoms with E-state index in [0.717, 1.165) is 5.75 Å². The Bertz CT molecular complexity index is 408. The molecule has 2 nitrogen and oxygen atoms in total. The zero-order valence-corrected chi connectivity index (χ0v) is 16.7. The monoisotopic (exact) mass is 334 g/mol. The molecular weight excluding hydrogens is 294 g/mol. The Kier molecular flexibility index (Phi) is 10.8. The van der Waals surface area contributed by atoms with Crippen LogP contribution in [0.25, 0.3) is 0 Å². The topological polar surface area (TPSA) is 9.23 Å². The van der Waals surface area contributed by atoms with Crippen LogP contribution < -0.4 is 4.74 Å². The van der Waals surface area contributed by atoms with Gasteiger partial charge in [0.05, 0.1) is 33.3 Å². The third kappa shape index (κ3) is 7.70. The van der Waals surface area contributed by atoms with Crippen molar-refractivity contribution in [3.8, 4) is 5.75 Å². The summed E-state index contributed by atoms with van der Waals surface area (Å²) in [5.74, 6) is 0.953. The molecule has 0 aliphatic rings. The Morgan fingerprint density at radius 3 is 1.88 bits per heavy atom. The molecule has 0 amide bonds. The molecule has 0 atom stereocenters. The van der Waals surface area contributed by atoms with Crippen molar-refractivity contribution in [2.75, 3.05) is 33.3 Å². The summed E-state index contributed by atoms with van der Waals surface area (Å²) in [6.45, 7) is 12.3. The van der Waals surface area contributed by atoms with Crippen LogP contribution in [0, 0.1) is 0 Å². The van der Waals surface area contributed by atoms with Crippen LogP contribution in [0.5, 0.6) is 5.75 Å². The second kappa shape index (κ2) is 12.4. The molecule has 0 aliphatic heterocycles. The van der Waals surface area contributed by atoms with Gasteiger partial charge in [-0.2, -0.15) is 0 Å². The number of ether oxygens (including phenoxy) is 1. The molecule has 0 aliphatic carbocycles. The lowest BCUT2D eigenvalue weighted by Crippen LogP contribution is -2.49. The minimum Gasteiger partial charge on any atom is -0.497 e. The molecule has 0 N–H and O–H groups in total. The van der Waals surface area contributed by atoms with Gasteiger partial charge in [-0.05, 0) is 63.6 Å². The number of aryl methyl sites for hydroxylation is 1. The molecule has 2 heteroatoms. The molecule has 0 heterocycles. The van der Waals surface area contributed by atoms with Crippen molar-refractivity contribution in [1.29, 1.82) is 0 Å². The van der Waals surface area contributed by atoms with Gasteiger partial charge in [-0.25, -0.2) is 0 Å². The minimum atomic E-state index is 0.953. The molecule has 1 aromatic rings. The predicted molar refractivity (Wildman–Crippen MR) is 106 cm³/mol. The maximum Gasteiger partial charge on any atom is 0.118 e. The van der Waals surface area contributed by atoms with E-state index in [-0.39, 0.29) is 0 Å². The zero-order chi connectivity index (χ0) is 17.7. The van der Waals surface area contributed by atoms with Crippen LogP contribution in [-0.4, -0.2) is 37.8 Å². The van der Waals surface area contributed by atoms with Crippen LogP contribution in [0.1, 0.15) is 71.3 Å². The van der Waals surface area contributed by atoms with Gasteiger partial charge in [-0.3, -0.25) is 0 Å². The van der Waals surface area contributed by atoms with Crippen molar-refractivity contribution in [2.24, 2.45) is 0 Å². The summed E-state index contributed by atoms with van der Waals surface area (Å²) in [6, 6.07) is 8.55. The number of rotatable bonds is 14. The number of quaternary nitrogens is 1. The zero-order valence-electron chi connectivity index (χ0n) is 16.7. The molecule has 0 saturated heterocycles. The summed E-state index contributed by atoms with van der Waals surface area (Å²) in [4.78, 5) is 0. The lowest BCUT2D eigenvalue weighted by atomic mass is 10.1. The summed E-state index contributed by atoms with van der Waals surface area (Å²) in [6.07, 6.45) is 10.8. The van der Waals surface area contributed by atoms with Gasteiger partial charge in [0.2, 0.25) is 0 Å². The van der Waals surface area contributed by atoms with E-state index in [1.54, 1.807) is 7.11 Å². The number of hydrogen-bond acceptors (Lipinski definition) is 1. The molecule has 0 bridgehead atoms. The van der Waals surface area contributed by atoms with Crippen molar-refractivity contribution in [1.82, 2.24) is 0 Å². The normalized spacial score (nSPS) is 11.7. The van der Waals surface area contributed by atoms with E-state index in [9.17, 15) is 0 Å². The molecule has 0 aromatic heterocycles. The maximum absolute atomic E-state index is 5.23. The van der Waals surface area contributed by atoms with Gasteiger partial charge >= 0.3 is 0 Å². The number of hydrogen-bond donors (Lipinski definition) is 0. The van der Waals surface area contributed by atoms with Crippen molar-refractivity contribution in [3.05, 3.63) is 29.8 Å². The molecule has 0 spiro atoms. The van der Waals surface area contributed by atoms with Gasteiger partial charge in [0, 0.05) is 0 Å². The highest BCUT2D eigenvalue weighted by Crippen LogP contribution is 2.16. The molecule has 1 aromatic carbocycles. The number of unbranched alkanes of at least 4 members (excludes halogenated alkanes) is 5. The first-order valence-corrected chi connectivity index (χ1v) is 10.2. The molecular formula is C22H40NO+. The van der Waals surface area contributed by atoms with E-state index in [1.165, 1.54) is 87.6 Å². The lowest BCUT2D eigenvalue weighted by molar-refractivity contribution is -0.925. The Labute approximate surface area is 150 Å². The SMILES string of the molecule is CCCCCCC[N+](CC)(CC)CCCCc1ccc(OC)cc1. The smallest absolute Gasteiger partial charge is 0.118 e. The third-order valence-corrected chi connectivity index (χ3v) is 5.58. The second-order valence-corrected chi connectivity index (χ2v) is 7.14. The Morgan fingerprint density at radius 2 is 1.33 bits per heavy atom. The van der Waals surface area contributed by atoms with E-state index >= 15 is 0 Å². The van der Waals surface area contributed by atoms with E-state index in [2.05, 4.69) is 45.0 Å². The highest BCUT2D eigenvalue weighted by atomic mass is 16.5. The second-order valence-electron chi connectivity index (χ2n) is 7.14. The highest BCUT2D eigenvalue weighted by Gasteiger charge is 2.21. The van der Waals surface area contributed by atoms with Crippen LogP contribution in [-0.2, 0) is 6.42 Å². The molecule has 0 unspecified atom stereocenters. The fourth-order valence-electron chi connectivity index (χ4n) is 3.59. The van der Waals surface area contributed by atoms with Crippen molar-refractivity contribution >= 4 is 0 Å². The molecule has 138 valence electrons. The molecule has 0 radical (unpaired) electrons. The Hall–Kier alpha value is -1.02. The van der Waals surface area contributed by atoms with Crippen LogP contribution in [0.3, 0.4) is 0 Å². The minimum absolute atomic E-state index is 0.953. The van der Waals surface area contributed by atoms with Crippen LogP contribution in [0.15, 0.2) is 24.3 Å². The lowest BCUT2D eigenvalue weighted by Gasteiger charge is -2.37. The largest absolute Gasteiger partial charge is 0.497 e. The summed E-state index contributed by atoms with van der Waals surface area (Å²) >= 11 is 0. The summed E-state index contributed by atoms with van der Waals surface area (Å²) < 4.78 is 6.54. The van der Waals surface area contributed by atoms with Gasteiger partial charge in [0.1, 0.15) is 5.75 Å². The molecule has 0 saturated carbocycles. The first-order chi connectivity index (χ1) is 11.7. The fourth-order valence-corrected chi connectivity index (χ4v) is 3.59. The average Bonchev–Trinajstić information content (AvgIpc) is 2.64. The fraction of sp³-hybridized carbons (Fsp3) is 0.727. The van der Waals surface area contributed by atoms with Gasteiger partial charge < -0.3 is 9.22 Å². The molecule has 1 rings (SSSR count). The maximum atomic E-state index is 5.23. The van der Waals surface area contributed by atoms with Crippen molar-refractivity contribution in [2.45, 2.75) is 72.1 Å². The van der Waals surface area contributed by atoms with Crippen LogP contribution in [0.4, 0.5) is 0 Å². The standard InChI is InChI=1S/C22H40NO/c1-5-8-9-10-12-19-23(6-2,7-3)20-13-11-14-21-15-17-22(24-4)18-16-21/h15-18H,5-14,19-20H2,1-4H3/q+1. The molecule has 0 fully saturated rings. The van der Waals surface area contributed by atoms with E-state index in [1.807, 2.05) is 0 Å². The van der Waals surface area contributed by atoms with Crippen molar-refractivity contribution in [3.63, 3.8) is 0 Å². The average molecular weight is 335 g/mol. The summed E-state index contributed by atoms with van der Waals surface area (Å²) in [5.41, 5.74) is 1.43. The first kappa shape index (κ1) is 21.0. The Balaban J connectivity index is 2.31. The molecule has 24 heavy (non-hydrogen) atoms. The first-order valence-electron chi connectivity index (χ1n) is 10.2. The number of nitrogens with zero attached hydrogens (tertiary/aromatic N) is 1. The number of benzene rings is 1. The van der Waals surface area contributed by atoms with Crippen molar-refractivity contribution < 1.29 is 9.22 Å². The van der Waals surface area contributed by atoms with Gasteiger partial charge in [0.25, 0.3) is 0 Å². The quantitative estimate of drug-likeness (QED) is 0.306. The van der Waals surface area contributed by atoms with Gasteiger partial charge in [-0.1, -0.05) is 38.3 Å². The van der Waals surface area contributed by atoms with Crippen LogP contribution in [0.2, 0.25) is 0 Å². The van der Waals surface area contributed by atoms with E-state index < -0.39 is 0 Å².